The predicted octanol–water partition coefficient (Wildman–Crippen LogP) is 2.91. The van der Waals surface area contributed by atoms with Gasteiger partial charge in [0.25, 0.3) is 5.69 Å². The molecule has 3 aliphatic rings. The fourth-order valence-electron chi connectivity index (χ4n) is 4.83. The van der Waals surface area contributed by atoms with E-state index in [-0.39, 0.29) is 11.4 Å². The number of anilines is 2. The van der Waals surface area contributed by atoms with Crippen LogP contribution in [-0.4, -0.2) is 46.0 Å². The number of aryl methyl sites for hydroxylation is 1. The van der Waals surface area contributed by atoms with Gasteiger partial charge < -0.3 is 5.32 Å². The molecule has 4 atom stereocenters. The minimum atomic E-state index is -1.02. The Morgan fingerprint density at radius 3 is 2.50 bits per heavy atom. The molecule has 10 nitrogen and oxygen atoms in total. The summed E-state index contributed by atoms with van der Waals surface area (Å²) >= 11 is 5.92. The number of rotatable bonds is 4. The molecular weight excluding hydrogens is 462 g/mol. The average molecular weight is 480 g/mol. The molecule has 2 saturated heterocycles. The molecule has 0 aromatic heterocycles. The number of amides is 3. The molecular formula is C23H18ClN5O5. The fraction of sp³-hybridized carbons (Fsp3) is 0.217. The summed E-state index contributed by atoms with van der Waals surface area (Å²) in [6.07, 6.45) is 4.93. The van der Waals surface area contributed by atoms with Gasteiger partial charge >= 0.3 is 0 Å². The molecule has 5 rings (SSSR count). The topological polar surface area (TPSA) is 125 Å². The molecule has 3 aliphatic heterocycles. The first kappa shape index (κ1) is 21.8. The summed E-state index contributed by atoms with van der Waals surface area (Å²) in [5.74, 6) is -3.28. The number of hydrogen-bond acceptors (Lipinski definition) is 7. The molecule has 0 saturated carbocycles. The van der Waals surface area contributed by atoms with Crippen molar-refractivity contribution in [2.45, 2.75) is 19.0 Å². The number of carbonyl (C=O) groups excluding carboxylic acids is 3. The number of nitrogens with zero attached hydrogens (tertiary/aromatic N) is 4. The van der Waals surface area contributed by atoms with Crippen LogP contribution in [0.15, 0.2) is 59.7 Å². The summed E-state index contributed by atoms with van der Waals surface area (Å²) in [5.41, 5.74) is 1.02. The quantitative estimate of drug-likeness (QED) is 0.408. The molecule has 3 amide bonds. The summed E-state index contributed by atoms with van der Waals surface area (Å²) in [4.78, 5) is 52.0. The monoisotopic (exact) mass is 479 g/mol. The maximum absolute atomic E-state index is 13.6. The highest BCUT2D eigenvalue weighted by atomic mass is 35.5. The second kappa shape index (κ2) is 8.07. The minimum Gasteiger partial charge on any atom is -0.324 e. The second-order valence-electron chi connectivity index (χ2n) is 8.25. The van der Waals surface area contributed by atoms with Crippen molar-refractivity contribution in [2.75, 3.05) is 10.2 Å². The van der Waals surface area contributed by atoms with Crippen molar-refractivity contribution in [3.63, 3.8) is 0 Å². The molecule has 0 spiro atoms. The zero-order valence-electron chi connectivity index (χ0n) is 17.8. The Balaban J connectivity index is 1.51. The van der Waals surface area contributed by atoms with Crippen LogP contribution >= 0.6 is 11.6 Å². The molecule has 0 radical (unpaired) electrons. The molecule has 2 aromatic carbocycles. The Morgan fingerprint density at radius 1 is 1.12 bits per heavy atom. The lowest BCUT2D eigenvalue weighted by molar-refractivity contribution is -0.384. The van der Waals surface area contributed by atoms with E-state index in [0.29, 0.717) is 16.3 Å². The highest BCUT2D eigenvalue weighted by Gasteiger charge is 2.64. The van der Waals surface area contributed by atoms with Gasteiger partial charge in [0.2, 0.25) is 17.7 Å². The van der Waals surface area contributed by atoms with E-state index in [1.54, 1.807) is 43.3 Å². The smallest absolute Gasteiger partial charge is 0.269 e. The van der Waals surface area contributed by atoms with Crippen LogP contribution in [0.3, 0.4) is 0 Å². The van der Waals surface area contributed by atoms with E-state index in [1.165, 1.54) is 29.4 Å². The summed E-state index contributed by atoms with van der Waals surface area (Å²) in [6.45, 7) is 1.60. The van der Waals surface area contributed by atoms with E-state index in [2.05, 4.69) is 10.4 Å². The zero-order valence-corrected chi connectivity index (χ0v) is 18.5. The van der Waals surface area contributed by atoms with E-state index in [9.17, 15) is 24.5 Å². The van der Waals surface area contributed by atoms with Gasteiger partial charge in [0, 0.05) is 29.1 Å². The number of imide groups is 1. The first-order valence-corrected chi connectivity index (χ1v) is 10.8. The molecule has 172 valence electrons. The molecule has 3 heterocycles. The zero-order chi connectivity index (χ0) is 24.1. The molecule has 11 heteroatoms. The van der Waals surface area contributed by atoms with E-state index < -0.39 is 46.6 Å². The third-order valence-electron chi connectivity index (χ3n) is 6.30. The first-order chi connectivity index (χ1) is 16.3. The molecule has 0 bridgehead atoms. The number of nitro groups is 1. The molecule has 34 heavy (non-hydrogen) atoms. The van der Waals surface area contributed by atoms with Crippen LogP contribution in [0.25, 0.3) is 0 Å². The Labute approximate surface area is 198 Å². The molecule has 2 aromatic rings. The largest absolute Gasteiger partial charge is 0.324 e. The average Bonchev–Trinajstić information content (AvgIpc) is 3.28. The first-order valence-electron chi connectivity index (χ1n) is 10.5. The number of nitro benzene ring substituents is 1. The summed E-state index contributed by atoms with van der Waals surface area (Å²) in [5, 5.41) is 20.2. The number of halogens is 1. The Bertz CT molecular complexity index is 1290. The number of benzene rings is 2. The number of hydrogen-bond donors (Lipinski definition) is 1. The third-order valence-corrected chi connectivity index (χ3v) is 6.56. The van der Waals surface area contributed by atoms with Gasteiger partial charge in [-0.05, 0) is 48.9 Å². The summed E-state index contributed by atoms with van der Waals surface area (Å²) in [6, 6.07) is 8.88. The maximum Gasteiger partial charge on any atom is 0.269 e. The Kier molecular flexibility index (Phi) is 5.17. The maximum atomic E-state index is 13.6. The molecule has 0 unspecified atom stereocenters. The lowest BCUT2D eigenvalue weighted by Gasteiger charge is -2.30. The van der Waals surface area contributed by atoms with E-state index >= 15 is 0 Å². The number of fused-ring (bicyclic) bond motifs is 3. The van der Waals surface area contributed by atoms with Gasteiger partial charge in [0.1, 0.15) is 6.04 Å². The highest BCUT2D eigenvalue weighted by Crippen LogP contribution is 2.46. The standard InChI is InChI=1S/C23H18ClN5O5/c1-12-11-15(29(33)34)8-9-16(12)27-22(31)18-17-3-2-10-25-28(17)20(19(18)23(27)32)21(30)26-14-6-4-13(24)5-7-14/h2-11,17-20H,1H3,(H,26,30)/t17-,18-,19+,20-/m0/s1. The van der Waals surface area contributed by atoms with Crippen molar-refractivity contribution in [1.29, 1.82) is 0 Å². The van der Waals surface area contributed by atoms with Gasteiger partial charge in [-0.2, -0.15) is 5.10 Å². The van der Waals surface area contributed by atoms with Crippen LogP contribution in [0, 0.1) is 28.9 Å². The number of carbonyl (C=O) groups is 3. The van der Waals surface area contributed by atoms with Gasteiger partial charge in [-0.15, -0.1) is 0 Å². The summed E-state index contributed by atoms with van der Waals surface area (Å²) in [7, 11) is 0. The number of non-ortho nitro benzene ring substituents is 1. The van der Waals surface area contributed by atoms with Gasteiger partial charge in [0.15, 0.2) is 0 Å². The number of allylic oxidation sites excluding steroid dienone is 1. The minimum absolute atomic E-state index is 0.142. The lowest BCUT2D eigenvalue weighted by atomic mass is 9.88. The fourth-order valence-corrected chi connectivity index (χ4v) is 4.95. The number of nitrogens with one attached hydrogen (secondary N) is 1. The van der Waals surface area contributed by atoms with Crippen LogP contribution in [0.1, 0.15) is 5.56 Å². The van der Waals surface area contributed by atoms with E-state index in [0.717, 1.165) is 4.90 Å². The van der Waals surface area contributed by atoms with E-state index in [1.807, 2.05) is 0 Å². The van der Waals surface area contributed by atoms with Crippen LogP contribution < -0.4 is 10.2 Å². The normalized spacial score (nSPS) is 24.9. The van der Waals surface area contributed by atoms with Crippen molar-refractivity contribution < 1.29 is 19.3 Å². The van der Waals surface area contributed by atoms with Crippen molar-refractivity contribution in [3.8, 4) is 0 Å². The van der Waals surface area contributed by atoms with Crippen molar-refractivity contribution >= 4 is 52.6 Å². The van der Waals surface area contributed by atoms with Crippen molar-refractivity contribution in [2.24, 2.45) is 16.9 Å². The second-order valence-corrected chi connectivity index (χ2v) is 8.69. The van der Waals surface area contributed by atoms with Crippen LogP contribution in [0.4, 0.5) is 17.1 Å². The third kappa shape index (κ3) is 3.34. The van der Waals surface area contributed by atoms with E-state index in [4.69, 9.17) is 11.6 Å². The predicted molar refractivity (Wildman–Crippen MR) is 124 cm³/mol. The SMILES string of the molecule is Cc1cc([N+](=O)[O-])ccc1N1C(=O)[C@@H]2[C@@H](C1=O)[C@@H]1C=CC=NN1[C@@H]2C(=O)Nc1ccc(Cl)cc1. The van der Waals surface area contributed by atoms with Crippen molar-refractivity contribution in [1.82, 2.24) is 5.01 Å². The van der Waals surface area contributed by atoms with Gasteiger partial charge in [-0.1, -0.05) is 17.7 Å². The molecule has 1 N–H and O–H groups in total. The Morgan fingerprint density at radius 2 is 1.82 bits per heavy atom. The molecule has 0 aliphatic carbocycles. The van der Waals surface area contributed by atoms with Gasteiger partial charge in [-0.25, -0.2) is 4.90 Å². The van der Waals surface area contributed by atoms with Gasteiger partial charge in [-0.3, -0.25) is 29.5 Å². The van der Waals surface area contributed by atoms with Crippen molar-refractivity contribution in [3.05, 3.63) is 75.3 Å². The highest BCUT2D eigenvalue weighted by molar-refractivity contribution is 6.30. The number of hydrazone groups is 1. The lowest BCUT2D eigenvalue weighted by Crippen LogP contribution is -2.47. The van der Waals surface area contributed by atoms with Gasteiger partial charge in [0.05, 0.1) is 28.5 Å². The summed E-state index contributed by atoms with van der Waals surface area (Å²) < 4.78 is 0. The van der Waals surface area contributed by atoms with Crippen LogP contribution in [0.2, 0.25) is 5.02 Å². The van der Waals surface area contributed by atoms with Crippen LogP contribution in [0.5, 0.6) is 0 Å². The Hall–Kier alpha value is -4.05. The molecule has 2 fully saturated rings. The van der Waals surface area contributed by atoms with Crippen LogP contribution in [-0.2, 0) is 14.4 Å².